The van der Waals surface area contributed by atoms with E-state index in [2.05, 4.69) is 15.9 Å². The molecule has 116 valence electrons. The lowest BCUT2D eigenvalue weighted by Gasteiger charge is -2.21. The highest BCUT2D eigenvalue weighted by molar-refractivity contribution is 9.10. The second kappa shape index (κ2) is 7.80. The van der Waals surface area contributed by atoms with Gasteiger partial charge in [0.05, 0.1) is 0 Å². The zero-order chi connectivity index (χ0) is 15.2. The molecule has 1 heterocycles. The topological polar surface area (TPSA) is 55.6 Å². The summed E-state index contributed by atoms with van der Waals surface area (Å²) in [5.41, 5.74) is 7.68. The predicted octanol–water partition coefficient (Wildman–Crippen LogP) is 3.00. The van der Waals surface area contributed by atoms with Gasteiger partial charge in [0.2, 0.25) is 0 Å². The molecule has 1 amide bonds. The highest BCUT2D eigenvalue weighted by Gasteiger charge is 2.17. The molecule has 1 aliphatic heterocycles. The van der Waals surface area contributed by atoms with Crippen LogP contribution in [0.2, 0.25) is 0 Å². The molecular weight excluding hydrogens is 332 g/mol. The number of rotatable bonds is 4. The summed E-state index contributed by atoms with van der Waals surface area (Å²) in [5.74, 6) is 0.811. The van der Waals surface area contributed by atoms with Crippen LogP contribution in [-0.4, -0.2) is 30.5 Å². The summed E-state index contributed by atoms with van der Waals surface area (Å²) >= 11 is 3.45. The van der Waals surface area contributed by atoms with Crippen LogP contribution in [0.25, 0.3) is 0 Å². The quantitative estimate of drug-likeness (QED) is 0.903. The number of carbonyl (C=O) groups is 1. The van der Waals surface area contributed by atoms with Crippen molar-refractivity contribution in [3.8, 4) is 5.75 Å². The first-order valence-corrected chi connectivity index (χ1v) is 8.31. The van der Waals surface area contributed by atoms with Gasteiger partial charge in [-0.05, 0) is 37.5 Å². The van der Waals surface area contributed by atoms with Crippen molar-refractivity contribution in [1.82, 2.24) is 4.90 Å². The molecule has 0 bridgehead atoms. The van der Waals surface area contributed by atoms with Crippen LogP contribution in [0.1, 0.15) is 36.8 Å². The molecule has 0 spiro atoms. The van der Waals surface area contributed by atoms with E-state index < -0.39 is 0 Å². The smallest absolute Gasteiger partial charge is 0.260 e. The maximum Gasteiger partial charge on any atom is 0.260 e. The van der Waals surface area contributed by atoms with Crippen molar-refractivity contribution in [1.29, 1.82) is 0 Å². The molecule has 4 nitrogen and oxygen atoms in total. The number of nitrogens with two attached hydrogens (primary N) is 1. The van der Waals surface area contributed by atoms with Crippen LogP contribution in [-0.2, 0) is 11.3 Å². The number of halogens is 1. The molecule has 0 saturated carbocycles. The Bertz CT molecular complexity index is 497. The third-order valence-corrected chi connectivity index (χ3v) is 4.29. The number of hydrogen-bond acceptors (Lipinski definition) is 3. The normalized spacial score (nSPS) is 15.7. The Morgan fingerprint density at radius 2 is 1.95 bits per heavy atom. The maximum atomic E-state index is 12.3. The van der Waals surface area contributed by atoms with E-state index in [0.29, 0.717) is 6.54 Å². The van der Waals surface area contributed by atoms with Gasteiger partial charge >= 0.3 is 0 Å². The number of benzene rings is 1. The minimum absolute atomic E-state index is 0.0715. The van der Waals surface area contributed by atoms with Gasteiger partial charge in [-0.1, -0.05) is 28.8 Å². The first kappa shape index (κ1) is 16.3. The molecular formula is C16H23BrN2O2. The van der Waals surface area contributed by atoms with E-state index >= 15 is 0 Å². The van der Waals surface area contributed by atoms with Crippen molar-refractivity contribution in [3.63, 3.8) is 0 Å². The van der Waals surface area contributed by atoms with E-state index in [9.17, 15) is 4.79 Å². The molecule has 1 fully saturated rings. The molecule has 0 atom stereocenters. The molecule has 0 radical (unpaired) electrons. The molecule has 21 heavy (non-hydrogen) atoms. The van der Waals surface area contributed by atoms with Gasteiger partial charge in [-0.2, -0.15) is 0 Å². The number of carbonyl (C=O) groups excluding carboxylic acids is 1. The lowest BCUT2D eigenvalue weighted by Crippen LogP contribution is -2.35. The van der Waals surface area contributed by atoms with Gasteiger partial charge in [0.25, 0.3) is 5.91 Å². The van der Waals surface area contributed by atoms with E-state index in [-0.39, 0.29) is 12.5 Å². The fourth-order valence-electron chi connectivity index (χ4n) is 2.70. The minimum Gasteiger partial charge on any atom is -0.483 e. The monoisotopic (exact) mass is 354 g/mol. The fourth-order valence-corrected chi connectivity index (χ4v) is 3.32. The Kier molecular flexibility index (Phi) is 6.06. The number of aryl methyl sites for hydroxylation is 1. The van der Waals surface area contributed by atoms with Crippen molar-refractivity contribution in [2.75, 3.05) is 19.7 Å². The zero-order valence-electron chi connectivity index (χ0n) is 12.5. The van der Waals surface area contributed by atoms with Crippen LogP contribution < -0.4 is 10.5 Å². The lowest BCUT2D eigenvalue weighted by molar-refractivity contribution is -0.133. The lowest BCUT2D eigenvalue weighted by atomic mass is 10.1. The van der Waals surface area contributed by atoms with Crippen molar-refractivity contribution in [2.45, 2.75) is 39.2 Å². The number of likely N-dealkylation sites (tertiary alicyclic amines) is 1. The van der Waals surface area contributed by atoms with Crippen molar-refractivity contribution in [2.24, 2.45) is 5.73 Å². The Morgan fingerprint density at radius 1 is 1.29 bits per heavy atom. The Labute approximate surface area is 134 Å². The summed E-state index contributed by atoms with van der Waals surface area (Å²) in [6.45, 7) is 4.16. The molecule has 1 aliphatic rings. The zero-order valence-corrected chi connectivity index (χ0v) is 14.1. The Hall–Kier alpha value is -1.07. The average molecular weight is 355 g/mol. The van der Waals surface area contributed by atoms with Crippen LogP contribution in [0.3, 0.4) is 0 Å². The SMILES string of the molecule is Cc1cc(Br)cc(CN)c1OCC(=O)N1CCCCCC1. The average Bonchev–Trinajstić information content (AvgIpc) is 2.74. The number of amides is 1. The first-order chi connectivity index (χ1) is 10.1. The van der Waals surface area contributed by atoms with Gasteiger partial charge in [-0.3, -0.25) is 4.79 Å². The largest absolute Gasteiger partial charge is 0.483 e. The van der Waals surface area contributed by atoms with Gasteiger partial charge in [0.1, 0.15) is 5.75 Å². The molecule has 0 aliphatic carbocycles. The third-order valence-electron chi connectivity index (χ3n) is 3.83. The van der Waals surface area contributed by atoms with Crippen LogP contribution in [0.15, 0.2) is 16.6 Å². The van der Waals surface area contributed by atoms with E-state index in [4.69, 9.17) is 10.5 Å². The van der Waals surface area contributed by atoms with Crippen LogP contribution in [0.5, 0.6) is 5.75 Å². The first-order valence-electron chi connectivity index (χ1n) is 7.51. The number of nitrogens with zero attached hydrogens (tertiary/aromatic N) is 1. The predicted molar refractivity (Wildman–Crippen MR) is 87.3 cm³/mol. The van der Waals surface area contributed by atoms with Crippen molar-refractivity contribution in [3.05, 3.63) is 27.7 Å². The summed E-state index contributed by atoms with van der Waals surface area (Å²) < 4.78 is 6.76. The minimum atomic E-state index is 0.0715. The summed E-state index contributed by atoms with van der Waals surface area (Å²) in [5, 5.41) is 0. The summed E-state index contributed by atoms with van der Waals surface area (Å²) in [4.78, 5) is 14.2. The van der Waals surface area contributed by atoms with E-state index in [0.717, 1.165) is 47.3 Å². The van der Waals surface area contributed by atoms with Gasteiger partial charge < -0.3 is 15.4 Å². The molecule has 2 rings (SSSR count). The fraction of sp³-hybridized carbons (Fsp3) is 0.562. The maximum absolute atomic E-state index is 12.3. The van der Waals surface area contributed by atoms with Gasteiger partial charge in [-0.25, -0.2) is 0 Å². The molecule has 1 saturated heterocycles. The highest BCUT2D eigenvalue weighted by Crippen LogP contribution is 2.27. The Morgan fingerprint density at radius 3 is 2.57 bits per heavy atom. The third kappa shape index (κ3) is 4.45. The second-order valence-corrected chi connectivity index (χ2v) is 6.41. The van der Waals surface area contributed by atoms with Crippen LogP contribution >= 0.6 is 15.9 Å². The number of ether oxygens (including phenoxy) is 1. The number of hydrogen-bond donors (Lipinski definition) is 1. The van der Waals surface area contributed by atoms with Crippen molar-refractivity contribution < 1.29 is 9.53 Å². The Balaban J connectivity index is 2.00. The summed E-state index contributed by atoms with van der Waals surface area (Å²) in [6, 6.07) is 3.92. The highest BCUT2D eigenvalue weighted by atomic mass is 79.9. The second-order valence-electron chi connectivity index (χ2n) is 5.50. The van der Waals surface area contributed by atoms with Crippen LogP contribution in [0.4, 0.5) is 0 Å². The molecule has 2 N–H and O–H groups in total. The van der Waals surface area contributed by atoms with E-state index in [1.165, 1.54) is 12.8 Å². The summed E-state index contributed by atoms with van der Waals surface area (Å²) in [7, 11) is 0. The molecule has 0 unspecified atom stereocenters. The van der Waals surface area contributed by atoms with Crippen molar-refractivity contribution >= 4 is 21.8 Å². The molecule has 5 heteroatoms. The van der Waals surface area contributed by atoms with E-state index in [1.54, 1.807) is 0 Å². The van der Waals surface area contributed by atoms with Gasteiger partial charge in [0.15, 0.2) is 6.61 Å². The molecule has 1 aromatic carbocycles. The van der Waals surface area contributed by atoms with Gasteiger partial charge in [-0.15, -0.1) is 0 Å². The van der Waals surface area contributed by atoms with E-state index in [1.807, 2.05) is 24.0 Å². The standard InChI is InChI=1S/C16H23BrN2O2/c1-12-8-14(17)9-13(10-18)16(12)21-11-15(20)19-6-4-2-3-5-7-19/h8-9H,2-7,10-11,18H2,1H3. The molecule has 0 aromatic heterocycles. The van der Waals surface area contributed by atoms with Crippen LogP contribution in [0, 0.1) is 6.92 Å². The summed E-state index contributed by atoms with van der Waals surface area (Å²) in [6.07, 6.45) is 4.62. The van der Waals surface area contributed by atoms with Gasteiger partial charge in [0, 0.05) is 29.7 Å². The molecule has 1 aromatic rings.